The van der Waals surface area contributed by atoms with Crippen LogP contribution in [0.15, 0.2) is 43.0 Å². The van der Waals surface area contributed by atoms with E-state index in [1.807, 2.05) is 18.2 Å². The van der Waals surface area contributed by atoms with E-state index in [4.69, 9.17) is 5.73 Å². The van der Waals surface area contributed by atoms with Crippen LogP contribution in [0.4, 0.5) is 17.5 Å². The van der Waals surface area contributed by atoms with Crippen molar-refractivity contribution in [1.82, 2.24) is 19.9 Å². The Bertz CT molecular complexity index is 814. The lowest BCUT2D eigenvalue weighted by atomic mass is 10.0. The Morgan fingerprint density at radius 2 is 1.90 bits per heavy atom. The highest BCUT2D eigenvalue weighted by molar-refractivity contribution is 5.95. The van der Waals surface area contributed by atoms with Gasteiger partial charge in [-0.25, -0.2) is 15.0 Å². The maximum atomic E-state index is 5.73. The lowest BCUT2D eigenvalue weighted by Crippen LogP contribution is -1.98. The molecule has 3 aromatic rings. The third-order valence-electron chi connectivity index (χ3n) is 3.23. The van der Waals surface area contributed by atoms with E-state index in [-0.39, 0.29) is 5.95 Å². The molecule has 0 spiro atoms. The molecule has 0 aliphatic carbocycles. The summed E-state index contributed by atoms with van der Waals surface area (Å²) in [6.07, 6.45) is 6.97. The Morgan fingerprint density at radius 1 is 0.950 bits per heavy atom. The van der Waals surface area contributed by atoms with Gasteiger partial charge in [0.05, 0.1) is 17.6 Å². The molecule has 20 heavy (non-hydrogen) atoms. The Labute approximate surface area is 114 Å². The SMILES string of the molecule is Nc1ncc2c(n1)-c1cccnc1Nc1cnccc1-2. The van der Waals surface area contributed by atoms with Crippen molar-refractivity contribution in [1.29, 1.82) is 0 Å². The molecule has 0 fully saturated rings. The summed E-state index contributed by atoms with van der Waals surface area (Å²) in [4.78, 5) is 17.0. The number of nitrogen functional groups attached to an aromatic ring is 1. The van der Waals surface area contributed by atoms with E-state index in [1.54, 1.807) is 24.8 Å². The average molecular weight is 262 g/mol. The maximum Gasteiger partial charge on any atom is 0.220 e. The number of nitrogens with one attached hydrogen (secondary N) is 1. The minimum Gasteiger partial charge on any atom is -0.368 e. The van der Waals surface area contributed by atoms with E-state index >= 15 is 0 Å². The molecule has 1 aliphatic rings. The molecule has 4 rings (SSSR count). The minimum atomic E-state index is 0.246. The van der Waals surface area contributed by atoms with E-state index in [0.29, 0.717) is 0 Å². The van der Waals surface area contributed by atoms with Crippen molar-refractivity contribution < 1.29 is 0 Å². The molecule has 4 heterocycles. The fraction of sp³-hybridized carbons (Fsp3) is 0. The van der Waals surface area contributed by atoms with Gasteiger partial charge in [0.15, 0.2) is 0 Å². The summed E-state index contributed by atoms with van der Waals surface area (Å²) < 4.78 is 0. The highest BCUT2D eigenvalue weighted by atomic mass is 15.0. The van der Waals surface area contributed by atoms with E-state index in [9.17, 15) is 0 Å². The summed E-state index contributed by atoms with van der Waals surface area (Å²) >= 11 is 0. The molecule has 0 saturated heterocycles. The number of anilines is 3. The molecule has 3 N–H and O–H groups in total. The predicted octanol–water partition coefficient (Wildman–Crippen LogP) is 2.24. The second-order valence-corrected chi connectivity index (χ2v) is 4.44. The van der Waals surface area contributed by atoms with Gasteiger partial charge in [0, 0.05) is 35.3 Å². The van der Waals surface area contributed by atoms with Crippen molar-refractivity contribution in [3.8, 4) is 22.4 Å². The smallest absolute Gasteiger partial charge is 0.220 e. The number of hydrogen-bond donors (Lipinski definition) is 2. The van der Waals surface area contributed by atoms with Crippen LogP contribution in [-0.2, 0) is 0 Å². The third kappa shape index (κ3) is 1.51. The minimum absolute atomic E-state index is 0.246. The standard InChI is InChI=1S/C14H10N6/c15-14-18-6-10-8-3-5-16-7-11(8)19-13-9(12(10)20-14)2-1-4-17-13/h1-7H,(H,17,19)(H2,15,18,20). The fourth-order valence-electron chi connectivity index (χ4n) is 2.35. The van der Waals surface area contributed by atoms with Gasteiger partial charge < -0.3 is 11.1 Å². The zero-order valence-electron chi connectivity index (χ0n) is 10.4. The van der Waals surface area contributed by atoms with Gasteiger partial charge in [0.2, 0.25) is 5.95 Å². The van der Waals surface area contributed by atoms with Gasteiger partial charge in [-0.1, -0.05) is 0 Å². The Morgan fingerprint density at radius 3 is 2.85 bits per heavy atom. The second-order valence-electron chi connectivity index (χ2n) is 4.44. The monoisotopic (exact) mass is 262 g/mol. The number of nitrogens with zero attached hydrogens (tertiary/aromatic N) is 4. The molecule has 96 valence electrons. The zero-order valence-corrected chi connectivity index (χ0v) is 10.4. The number of nitrogens with two attached hydrogens (primary N) is 1. The highest BCUT2D eigenvalue weighted by Crippen LogP contribution is 2.41. The van der Waals surface area contributed by atoms with Gasteiger partial charge in [0.1, 0.15) is 5.82 Å². The number of pyridine rings is 2. The first kappa shape index (κ1) is 10.9. The molecule has 0 atom stereocenters. The molecular formula is C14H10N6. The largest absolute Gasteiger partial charge is 0.368 e. The Kier molecular flexibility index (Phi) is 2.17. The van der Waals surface area contributed by atoms with Crippen molar-refractivity contribution in [2.24, 2.45) is 0 Å². The van der Waals surface area contributed by atoms with Crippen LogP contribution in [-0.4, -0.2) is 19.9 Å². The molecule has 0 saturated carbocycles. The van der Waals surface area contributed by atoms with Crippen LogP contribution in [0, 0.1) is 0 Å². The van der Waals surface area contributed by atoms with Crippen molar-refractivity contribution in [3.63, 3.8) is 0 Å². The Hall–Kier alpha value is -3.02. The fourth-order valence-corrected chi connectivity index (χ4v) is 2.35. The van der Waals surface area contributed by atoms with Gasteiger partial charge >= 0.3 is 0 Å². The van der Waals surface area contributed by atoms with E-state index in [2.05, 4.69) is 25.3 Å². The molecule has 0 bridgehead atoms. The molecule has 6 heteroatoms. The number of fused-ring (bicyclic) bond motifs is 5. The molecule has 1 aliphatic heterocycles. The van der Waals surface area contributed by atoms with Crippen molar-refractivity contribution in [3.05, 3.63) is 43.0 Å². The van der Waals surface area contributed by atoms with Crippen LogP contribution >= 0.6 is 0 Å². The van der Waals surface area contributed by atoms with Crippen LogP contribution in [0.3, 0.4) is 0 Å². The van der Waals surface area contributed by atoms with Crippen molar-refractivity contribution in [2.75, 3.05) is 11.1 Å². The quantitative estimate of drug-likeness (QED) is 0.505. The summed E-state index contributed by atoms with van der Waals surface area (Å²) in [6, 6.07) is 5.75. The molecule has 0 amide bonds. The van der Waals surface area contributed by atoms with E-state index in [1.165, 1.54) is 0 Å². The van der Waals surface area contributed by atoms with Gasteiger partial charge in [-0.2, -0.15) is 0 Å². The lowest BCUT2D eigenvalue weighted by molar-refractivity contribution is 1.19. The molecule has 0 aromatic carbocycles. The van der Waals surface area contributed by atoms with Gasteiger partial charge in [-0.05, 0) is 18.2 Å². The molecule has 0 unspecified atom stereocenters. The summed E-state index contributed by atoms with van der Waals surface area (Å²) in [5.74, 6) is 0.981. The molecule has 0 radical (unpaired) electrons. The van der Waals surface area contributed by atoms with Crippen molar-refractivity contribution in [2.45, 2.75) is 0 Å². The highest BCUT2D eigenvalue weighted by Gasteiger charge is 2.21. The van der Waals surface area contributed by atoms with Crippen LogP contribution in [0.5, 0.6) is 0 Å². The van der Waals surface area contributed by atoms with Gasteiger partial charge in [0.25, 0.3) is 0 Å². The number of aromatic nitrogens is 4. The van der Waals surface area contributed by atoms with E-state index in [0.717, 1.165) is 33.9 Å². The van der Waals surface area contributed by atoms with Gasteiger partial charge in [-0.3, -0.25) is 4.98 Å². The molecule has 6 nitrogen and oxygen atoms in total. The molecular weight excluding hydrogens is 252 g/mol. The summed E-state index contributed by atoms with van der Waals surface area (Å²) in [5, 5.41) is 3.29. The van der Waals surface area contributed by atoms with Crippen LogP contribution < -0.4 is 11.1 Å². The topological polar surface area (TPSA) is 89.6 Å². The second kappa shape index (κ2) is 3.99. The summed E-state index contributed by atoms with van der Waals surface area (Å²) in [7, 11) is 0. The average Bonchev–Trinajstić information content (AvgIpc) is 2.61. The first-order valence-electron chi connectivity index (χ1n) is 6.12. The maximum absolute atomic E-state index is 5.73. The van der Waals surface area contributed by atoms with E-state index < -0.39 is 0 Å². The van der Waals surface area contributed by atoms with Crippen LogP contribution in [0.25, 0.3) is 22.4 Å². The third-order valence-corrected chi connectivity index (χ3v) is 3.23. The lowest BCUT2D eigenvalue weighted by Gasteiger charge is -2.07. The zero-order chi connectivity index (χ0) is 13.5. The number of rotatable bonds is 0. The number of hydrogen-bond acceptors (Lipinski definition) is 6. The van der Waals surface area contributed by atoms with Crippen molar-refractivity contribution >= 4 is 17.5 Å². The molecule has 3 aromatic heterocycles. The van der Waals surface area contributed by atoms with Gasteiger partial charge in [-0.15, -0.1) is 0 Å². The normalized spacial score (nSPS) is 11.6. The summed E-state index contributed by atoms with van der Waals surface area (Å²) in [6.45, 7) is 0. The first-order chi connectivity index (χ1) is 9.83. The van der Waals surface area contributed by atoms with Crippen LogP contribution in [0.1, 0.15) is 0 Å². The predicted molar refractivity (Wildman–Crippen MR) is 76.2 cm³/mol. The summed E-state index contributed by atoms with van der Waals surface area (Å²) in [5.41, 5.74) is 10.2. The van der Waals surface area contributed by atoms with Crippen LogP contribution in [0.2, 0.25) is 0 Å². The first-order valence-corrected chi connectivity index (χ1v) is 6.12. The Balaban J connectivity index is 2.13.